The number of hydrogen-bond acceptors (Lipinski definition) is 5. The van der Waals surface area contributed by atoms with Crippen LogP contribution in [0.1, 0.15) is 31.2 Å². The predicted octanol–water partition coefficient (Wildman–Crippen LogP) is 1.48. The summed E-state index contributed by atoms with van der Waals surface area (Å²) in [5, 5.41) is 3.09. The van der Waals surface area contributed by atoms with Crippen molar-refractivity contribution in [1.82, 2.24) is 5.32 Å². The molecule has 1 N–H and O–H groups in total. The Morgan fingerprint density at radius 3 is 2.48 bits per heavy atom. The van der Waals surface area contributed by atoms with Gasteiger partial charge in [0.2, 0.25) is 5.91 Å². The van der Waals surface area contributed by atoms with Crippen molar-refractivity contribution in [2.45, 2.75) is 55.2 Å². The summed E-state index contributed by atoms with van der Waals surface area (Å²) in [6.45, 7) is 1.29. The molecule has 1 aliphatic heterocycles. The summed E-state index contributed by atoms with van der Waals surface area (Å²) < 4.78 is 34.3. The van der Waals surface area contributed by atoms with Crippen molar-refractivity contribution in [2.75, 3.05) is 19.5 Å². The molecule has 0 bridgehead atoms. The number of rotatable bonds is 5. The Balaban J connectivity index is 1.45. The lowest BCUT2D eigenvalue weighted by Gasteiger charge is -2.39. The van der Waals surface area contributed by atoms with Crippen LogP contribution in [0.15, 0.2) is 29.2 Å². The molecule has 1 saturated carbocycles. The number of aryl methyl sites for hydroxylation is 1. The van der Waals surface area contributed by atoms with Gasteiger partial charge in [0, 0.05) is 18.7 Å². The van der Waals surface area contributed by atoms with E-state index in [0.29, 0.717) is 31.0 Å². The highest BCUT2D eigenvalue weighted by atomic mass is 32.2. The minimum atomic E-state index is -3.18. The average molecular weight is 367 g/mol. The summed E-state index contributed by atoms with van der Waals surface area (Å²) in [6.07, 6.45) is 5.08. The Morgan fingerprint density at radius 2 is 1.80 bits per heavy atom. The third-order valence-electron chi connectivity index (χ3n) is 4.84. The summed E-state index contributed by atoms with van der Waals surface area (Å²) >= 11 is 0. The molecule has 1 aromatic rings. The topological polar surface area (TPSA) is 81.7 Å². The fourth-order valence-corrected chi connectivity index (χ4v) is 4.09. The minimum absolute atomic E-state index is 0.0207. The van der Waals surface area contributed by atoms with Crippen LogP contribution in [0.2, 0.25) is 0 Å². The number of nitrogens with one attached hydrogen (secondary N) is 1. The van der Waals surface area contributed by atoms with E-state index in [1.54, 1.807) is 24.3 Å². The zero-order valence-electron chi connectivity index (χ0n) is 14.4. The molecule has 1 aromatic carbocycles. The standard InChI is InChI=1S/C18H25NO5S/c1-25(21,22)15-6-2-13(3-7-15)4-9-18(20)19-14-5-8-16-17(12-14)24-11-10-23-16/h2-3,6-7,14,16-17H,4-5,8-12H2,1H3,(H,19,20)/t14-,16+,17+/m1/s1. The number of hydrogen-bond donors (Lipinski definition) is 1. The first-order valence-corrected chi connectivity index (χ1v) is 10.6. The molecule has 0 radical (unpaired) electrons. The van der Waals surface area contributed by atoms with Crippen LogP contribution in [-0.4, -0.2) is 52.0 Å². The number of carbonyl (C=O) groups is 1. The van der Waals surface area contributed by atoms with E-state index < -0.39 is 9.84 Å². The van der Waals surface area contributed by atoms with Gasteiger partial charge in [0.05, 0.1) is 30.3 Å². The van der Waals surface area contributed by atoms with Crippen LogP contribution >= 0.6 is 0 Å². The van der Waals surface area contributed by atoms with E-state index in [0.717, 1.165) is 24.8 Å². The lowest BCUT2D eigenvalue weighted by atomic mass is 9.89. The monoisotopic (exact) mass is 367 g/mol. The molecule has 25 heavy (non-hydrogen) atoms. The minimum Gasteiger partial charge on any atom is -0.373 e. The molecule has 0 unspecified atom stereocenters. The first kappa shape index (κ1) is 18.4. The van der Waals surface area contributed by atoms with Crippen molar-refractivity contribution in [1.29, 1.82) is 0 Å². The molecule has 0 spiro atoms. The van der Waals surface area contributed by atoms with E-state index >= 15 is 0 Å². The number of benzene rings is 1. The number of amides is 1. The van der Waals surface area contributed by atoms with Gasteiger partial charge in [-0.3, -0.25) is 4.79 Å². The predicted molar refractivity (Wildman–Crippen MR) is 93.1 cm³/mol. The van der Waals surface area contributed by atoms with Gasteiger partial charge < -0.3 is 14.8 Å². The molecule has 7 heteroatoms. The lowest BCUT2D eigenvalue weighted by molar-refractivity contribution is -0.158. The van der Waals surface area contributed by atoms with Gasteiger partial charge in [-0.05, 0) is 43.4 Å². The van der Waals surface area contributed by atoms with Crippen LogP contribution in [0.4, 0.5) is 0 Å². The maximum atomic E-state index is 12.2. The van der Waals surface area contributed by atoms with Crippen molar-refractivity contribution in [3.8, 4) is 0 Å². The molecular formula is C18H25NO5S. The summed E-state index contributed by atoms with van der Waals surface area (Å²) in [5.41, 5.74) is 0.954. The van der Waals surface area contributed by atoms with Gasteiger partial charge in [-0.25, -0.2) is 8.42 Å². The summed E-state index contributed by atoms with van der Waals surface area (Å²) in [7, 11) is -3.18. The second-order valence-electron chi connectivity index (χ2n) is 6.81. The van der Waals surface area contributed by atoms with Crippen LogP contribution < -0.4 is 5.32 Å². The molecule has 1 aliphatic carbocycles. The Labute approximate surface area is 148 Å². The fourth-order valence-electron chi connectivity index (χ4n) is 3.46. The Kier molecular flexibility index (Phi) is 5.76. The van der Waals surface area contributed by atoms with Crippen molar-refractivity contribution in [3.63, 3.8) is 0 Å². The van der Waals surface area contributed by atoms with Gasteiger partial charge in [0.1, 0.15) is 0 Å². The van der Waals surface area contributed by atoms with Crippen molar-refractivity contribution in [3.05, 3.63) is 29.8 Å². The van der Waals surface area contributed by atoms with Crippen LogP contribution in [-0.2, 0) is 30.5 Å². The van der Waals surface area contributed by atoms with Crippen LogP contribution in [0.25, 0.3) is 0 Å². The SMILES string of the molecule is CS(=O)(=O)c1ccc(CCC(=O)N[C@@H]2CC[C@@H]3OCCO[C@H]3C2)cc1. The fraction of sp³-hybridized carbons (Fsp3) is 0.611. The lowest BCUT2D eigenvalue weighted by Crippen LogP contribution is -2.49. The maximum Gasteiger partial charge on any atom is 0.220 e. The highest BCUT2D eigenvalue weighted by Crippen LogP contribution is 2.26. The molecule has 1 saturated heterocycles. The molecule has 1 heterocycles. The molecule has 0 aromatic heterocycles. The number of fused-ring (bicyclic) bond motifs is 1. The zero-order chi connectivity index (χ0) is 17.9. The smallest absolute Gasteiger partial charge is 0.220 e. The number of ether oxygens (including phenoxy) is 2. The molecule has 2 fully saturated rings. The molecule has 1 amide bonds. The van der Waals surface area contributed by atoms with Gasteiger partial charge in [-0.1, -0.05) is 12.1 Å². The third-order valence-corrected chi connectivity index (χ3v) is 5.96. The largest absolute Gasteiger partial charge is 0.373 e. The maximum absolute atomic E-state index is 12.2. The van der Waals surface area contributed by atoms with E-state index in [2.05, 4.69) is 5.32 Å². The van der Waals surface area contributed by atoms with E-state index in [-0.39, 0.29) is 24.2 Å². The van der Waals surface area contributed by atoms with Crippen LogP contribution in [0.3, 0.4) is 0 Å². The highest BCUT2D eigenvalue weighted by molar-refractivity contribution is 7.90. The van der Waals surface area contributed by atoms with Gasteiger partial charge in [-0.2, -0.15) is 0 Å². The third kappa shape index (κ3) is 5.03. The summed E-state index contributed by atoms with van der Waals surface area (Å²) in [5.74, 6) is 0.0207. The normalized spacial score (nSPS) is 26.7. The second kappa shape index (κ2) is 7.85. The summed E-state index contributed by atoms with van der Waals surface area (Å²) in [4.78, 5) is 12.5. The van der Waals surface area contributed by atoms with E-state index in [1.165, 1.54) is 6.26 Å². The molecule has 2 aliphatic rings. The van der Waals surface area contributed by atoms with E-state index in [1.807, 2.05) is 0 Å². The van der Waals surface area contributed by atoms with E-state index in [4.69, 9.17) is 9.47 Å². The van der Waals surface area contributed by atoms with Crippen molar-refractivity contribution in [2.24, 2.45) is 0 Å². The molecule has 3 rings (SSSR count). The highest BCUT2D eigenvalue weighted by Gasteiger charge is 2.34. The molecule has 138 valence electrons. The first-order chi connectivity index (χ1) is 11.9. The molecular weight excluding hydrogens is 342 g/mol. The number of carbonyl (C=O) groups excluding carboxylic acids is 1. The van der Waals surface area contributed by atoms with Crippen LogP contribution in [0.5, 0.6) is 0 Å². The molecule has 6 nitrogen and oxygen atoms in total. The quantitative estimate of drug-likeness (QED) is 0.852. The first-order valence-electron chi connectivity index (χ1n) is 8.73. The Hall–Kier alpha value is -1.44. The van der Waals surface area contributed by atoms with Gasteiger partial charge >= 0.3 is 0 Å². The Bertz CT molecular complexity index is 701. The zero-order valence-corrected chi connectivity index (χ0v) is 15.3. The van der Waals surface area contributed by atoms with Gasteiger partial charge in [-0.15, -0.1) is 0 Å². The average Bonchev–Trinajstić information content (AvgIpc) is 2.59. The van der Waals surface area contributed by atoms with Crippen molar-refractivity contribution < 1.29 is 22.7 Å². The summed E-state index contributed by atoms with van der Waals surface area (Å²) in [6, 6.07) is 6.85. The van der Waals surface area contributed by atoms with Crippen molar-refractivity contribution >= 4 is 15.7 Å². The number of sulfone groups is 1. The molecule has 3 atom stereocenters. The van der Waals surface area contributed by atoms with E-state index in [9.17, 15) is 13.2 Å². The van der Waals surface area contributed by atoms with Gasteiger partial charge in [0.25, 0.3) is 0 Å². The second-order valence-corrected chi connectivity index (χ2v) is 8.83. The van der Waals surface area contributed by atoms with Gasteiger partial charge in [0.15, 0.2) is 9.84 Å². The Morgan fingerprint density at radius 1 is 1.12 bits per heavy atom. The van der Waals surface area contributed by atoms with Crippen LogP contribution in [0, 0.1) is 0 Å².